The highest BCUT2D eigenvalue weighted by atomic mass is 16.5. The van der Waals surface area contributed by atoms with Crippen LogP contribution in [0, 0.1) is 0 Å². The fraction of sp³-hybridized carbons (Fsp3) is 0.250. The predicted molar refractivity (Wildman–Crippen MR) is 109 cm³/mol. The van der Waals surface area contributed by atoms with Gasteiger partial charge in [0, 0.05) is 11.7 Å². The van der Waals surface area contributed by atoms with E-state index in [0.717, 1.165) is 18.6 Å². The van der Waals surface area contributed by atoms with Crippen molar-refractivity contribution in [2.45, 2.75) is 31.7 Å². The van der Waals surface area contributed by atoms with Gasteiger partial charge in [-0.05, 0) is 72.2 Å². The van der Waals surface area contributed by atoms with Gasteiger partial charge in [0.25, 0.3) is 0 Å². The summed E-state index contributed by atoms with van der Waals surface area (Å²) in [4.78, 5) is 0. The molecule has 4 rings (SSSR count). The van der Waals surface area contributed by atoms with E-state index < -0.39 is 0 Å². The van der Waals surface area contributed by atoms with Gasteiger partial charge in [-0.2, -0.15) is 0 Å². The third-order valence-corrected chi connectivity index (χ3v) is 5.19. The van der Waals surface area contributed by atoms with Crippen LogP contribution in [0.4, 0.5) is 5.69 Å². The van der Waals surface area contributed by atoms with E-state index in [0.29, 0.717) is 6.04 Å². The van der Waals surface area contributed by atoms with Crippen LogP contribution in [0.5, 0.6) is 5.75 Å². The van der Waals surface area contributed by atoms with Crippen molar-refractivity contribution < 1.29 is 4.74 Å². The fourth-order valence-electron chi connectivity index (χ4n) is 3.81. The lowest BCUT2D eigenvalue weighted by Gasteiger charge is -2.19. The molecule has 132 valence electrons. The zero-order valence-electron chi connectivity index (χ0n) is 15.2. The Morgan fingerprint density at radius 1 is 0.923 bits per heavy atom. The topological polar surface area (TPSA) is 21.3 Å². The molecule has 1 N–H and O–H groups in total. The van der Waals surface area contributed by atoms with E-state index in [1.165, 1.54) is 40.8 Å². The van der Waals surface area contributed by atoms with Gasteiger partial charge in [-0.25, -0.2) is 0 Å². The lowest BCUT2D eigenvalue weighted by atomic mass is 9.99. The Bertz CT molecular complexity index is 872. The monoisotopic (exact) mass is 343 g/mol. The Balaban J connectivity index is 1.56. The van der Waals surface area contributed by atoms with Gasteiger partial charge in [-0.1, -0.05) is 48.5 Å². The quantitative estimate of drug-likeness (QED) is 0.654. The predicted octanol–water partition coefficient (Wildman–Crippen LogP) is 5.72. The normalized spacial score (nSPS) is 16.3. The third kappa shape index (κ3) is 3.75. The molecule has 1 atom stereocenters. The molecule has 3 aromatic carbocycles. The molecule has 2 nitrogen and oxygen atoms in total. The molecular weight excluding hydrogens is 318 g/mol. The van der Waals surface area contributed by atoms with Gasteiger partial charge < -0.3 is 10.1 Å². The van der Waals surface area contributed by atoms with E-state index >= 15 is 0 Å². The number of fused-ring (bicyclic) bond motifs is 1. The number of benzene rings is 3. The Hall–Kier alpha value is -2.74. The highest BCUT2D eigenvalue weighted by Crippen LogP contribution is 2.31. The van der Waals surface area contributed by atoms with Crippen molar-refractivity contribution in [1.82, 2.24) is 0 Å². The van der Waals surface area contributed by atoms with Crippen LogP contribution in [-0.4, -0.2) is 13.2 Å². The minimum absolute atomic E-state index is 0.501. The van der Waals surface area contributed by atoms with E-state index in [1.807, 2.05) is 12.1 Å². The number of hydrogen-bond donors (Lipinski definition) is 1. The molecule has 0 spiro atoms. The van der Waals surface area contributed by atoms with E-state index in [2.05, 4.69) is 66.0 Å². The number of aryl methyl sites for hydroxylation is 1. The van der Waals surface area contributed by atoms with E-state index in [9.17, 15) is 0 Å². The second-order valence-electron chi connectivity index (χ2n) is 7.03. The first-order valence-corrected chi connectivity index (χ1v) is 9.39. The largest absolute Gasteiger partial charge is 0.497 e. The molecule has 1 aliphatic heterocycles. The number of methoxy groups -OCH3 is 1. The molecule has 0 saturated heterocycles. The molecule has 0 fully saturated rings. The molecule has 3 aromatic rings. The molecule has 0 aliphatic carbocycles. The van der Waals surface area contributed by atoms with Crippen LogP contribution in [0.15, 0.2) is 72.8 Å². The summed E-state index contributed by atoms with van der Waals surface area (Å²) < 4.78 is 5.37. The minimum atomic E-state index is 0.501. The average molecular weight is 343 g/mol. The van der Waals surface area contributed by atoms with Crippen LogP contribution in [0.1, 0.15) is 24.0 Å². The first-order valence-electron chi connectivity index (χ1n) is 9.39. The smallest absolute Gasteiger partial charge is 0.119 e. The number of rotatable bonds is 4. The summed E-state index contributed by atoms with van der Waals surface area (Å²) in [6.07, 6.45) is 4.64. The average Bonchev–Trinajstić information content (AvgIpc) is 2.90. The second kappa shape index (κ2) is 7.65. The second-order valence-corrected chi connectivity index (χ2v) is 7.03. The maximum Gasteiger partial charge on any atom is 0.119 e. The zero-order valence-corrected chi connectivity index (χ0v) is 15.2. The molecule has 0 saturated carbocycles. The summed E-state index contributed by atoms with van der Waals surface area (Å²) in [5.74, 6) is 0.901. The van der Waals surface area contributed by atoms with Gasteiger partial charge >= 0.3 is 0 Å². The highest BCUT2D eigenvalue weighted by molar-refractivity contribution is 5.70. The Kier molecular flexibility index (Phi) is 4.92. The van der Waals surface area contributed by atoms with E-state index in [4.69, 9.17) is 4.74 Å². The molecule has 1 aliphatic rings. The molecular formula is C24H25NO. The van der Waals surface area contributed by atoms with Crippen molar-refractivity contribution in [2.75, 3.05) is 12.4 Å². The lowest BCUT2D eigenvalue weighted by molar-refractivity contribution is 0.415. The standard InChI is InChI=1S/C24H25NO/c1-26-23-12-6-9-19(17-23)20-13-14-24-21(16-20)10-5-11-22(25-24)15-18-7-3-2-4-8-18/h2-4,6-9,12-14,16-17,22,25H,5,10-11,15H2,1H3. The summed E-state index contributed by atoms with van der Waals surface area (Å²) in [6.45, 7) is 0. The first-order chi connectivity index (χ1) is 12.8. The number of anilines is 1. The molecule has 0 bridgehead atoms. The molecule has 0 radical (unpaired) electrons. The van der Waals surface area contributed by atoms with Crippen molar-refractivity contribution in [3.63, 3.8) is 0 Å². The Morgan fingerprint density at radius 3 is 2.62 bits per heavy atom. The van der Waals surface area contributed by atoms with Crippen molar-refractivity contribution in [2.24, 2.45) is 0 Å². The fourth-order valence-corrected chi connectivity index (χ4v) is 3.81. The third-order valence-electron chi connectivity index (χ3n) is 5.19. The van der Waals surface area contributed by atoms with Crippen LogP contribution < -0.4 is 10.1 Å². The molecule has 1 heterocycles. The van der Waals surface area contributed by atoms with E-state index in [1.54, 1.807) is 7.11 Å². The summed E-state index contributed by atoms with van der Waals surface area (Å²) in [7, 11) is 1.72. The summed E-state index contributed by atoms with van der Waals surface area (Å²) in [6, 6.07) is 26.4. The van der Waals surface area contributed by atoms with Crippen LogP contribution in [-0.2, 0) is 12.8 Å². The Morgan fingerprint density at radius 2 is 1.77 bits per heavy atom. The van der Waals surface area contributed by atoms with Crippen molar-refractivity contribution in [3.8, 4) is 16.9 Å². The van der Waals surface area contributed by atoms with Crippen molar-refractivity contribution in [3.05, 3.63) is 83.9 Å². The van der Waals surface area contributed by atoms with Gasteiger partial charge in [0.15, 0.2) is 0 Å². The SMILES string of the molecule is COc1cccc(-c2ccc3c(c2)CCCC(Cc2ccccc2)N3)c1. The zero-order chi connectivity index (χ0) is 17.8. The summed E-state index contributed by atoms with van der Waals surface area (Å²) >= 11 is 0. The van der Waals surface area contributed by atoms with Crippen molar-refractivity contribution >= 4 is 5.69 Å². The van der Waals surface area contributed by atoms with Crippen LogP contribution >= 0.6 is 0 Å². The van der Waals surface area contributed by atoms with E-state index in [-0.39, 0.29) is 0 Å². The summed E-state index contributed by atoms with van der Waals surface area (Å²) in [5.41, 5.74) is 6.57. The molecule has 2 heteroatoms. The van der Waals surface area contributed by atoms with Gasteiger partial charge in [-0.15, -0.1) is 0 Å². The van der Waals surface area contributed by atoms with Crippen LogP contribution in [0.25, 0.3) is 11.1 Å². The highest BCUT2D eigenvalue weighted by Gasteiger charge is 2.16. The maximum atomic E-state index is 5.37. The van der Waals surface area contributed by atoms with Crippen LogP contribution in [0.2, 0.25) is 0 Å². The molecule has 0 amide bonds. The summed E-state index contributed by atoms with van der Waals surface area (Å²) in [5, 5.41) is 3.78. The Labute approximate surface area is 155 Å². The number of hydrogen-bond acceptors (Lipinski definition) is 2. The lowest BCUT2D eigenvalue weighted by Crippen LogP contribution is -2.21. The first kappa shape index (κ1) is 16.7. The molecule has 1 unspecified atom stereocenters. The molecule has 0 aromatic heterocycles. The maximum absolute atomic E-state index is 5.37. The van der Waals surface area contributed by atoms with Gasteiger partial charge in [0.1, 0.15) is 5.75 Å². The number of nitrogens with one attached hydrogen (secondary N) is 1. The van der Waals surface area contributed by atoms with Crippen molar-refractivity contribution in [1.29, 1.82) is 0 Å². The number of ether oxygens (including phenoxy) is 1. The van der Waals surface area contributed by atoms with Gasteiger partial charge in [0.2, 0.25) is 0 Å². The molecule has 26 heavy (non-hydrogen) atoms. The minimum Gasteiger partial charge on any atom is -0.497 e. The van der Waals surface area contributed by atoms with Gasteiger partial charge in [0.05, 0.1) is 7.11 Å². The van der Waals surface area contributed by atoms with Crippen LogP contribution in [0.3, 0.4) is 0 Å². The van der Waals surface area contributed by atoms with Gasteiger partial charge in [-0.3, -0.25) is 0 Å².